The zero-order valence-corrected chi connectivity index (χ0v) is 49.5. The molecule has 3 aliphatic rings. The Bertz CT molecular complexity index is 1610. The molecule has 0 bridgehead atoms. The Balaban J connectivity index is -0.000000471. The van der Waals surface area contributed by atoms with Crippen LogP contribution in [-0.4, -0.2) is 116 Å². The molecule has 0 amide bonds. The van der Waals surface area contributed by atoms with Crippen molar-refractivity contribution in [3.8, 4) is 0 Å². The third-order valence-corrected chi connectivity index (χ3v) is 12.2. The standard InChI is InChI=1S/C25H31NS.C22H38N4.C3H8.2C2H6.C2H4.CH5N.CH2O.CH3.Sb/c1-4-20-8-10-21(11-9-20)12-13-22-14-16-23(17-15-22)24-19(2)7-5-6-18-27-25(24)26-3;1-6-13-24-14-16-25(17-15-24)23(5)26(22(8-3)9-4)19-21-12-10-11-20(7-2)18-21;1-3-2;5*1-2;;/h4,8-11,14,16,26H,1-2,5-7,12-13,15,17-18H2,3H3;7,10-12,18,22H,2,6,8-9,13-17,19H2,1,3-5H3;3H2,1-2H3;2*1-2H3;1-2H2;2H2,1H3;1H2;1H3;/b25-24+;;;;;;;;;. The summed E-state index contributed by atoms with van der Waals surface area (Å²) >= 11 is 3.70. The fourth-order valence-corrected chi connectivity index (χ4v) is 8.79. The van der Waals surface area contributed by atoms with Gasteiger partial charge in [0.2, 0.25) is 0 Å². The summed E-state index contributed by atoms with van der Waals surface area (Å²) in [6.07, 6.45) is 21.6. The number of nitrogens with zero attached hydrogens (tertiary/aromatic N) is 4. The molecule has 0 atom stereocenters. The normalized spacial score (nSPS) is 15.5. The third-order valence-electron chi connectivity index (χ3n) is 11.0. The summed E-state index contributed by atoms with van der Waals surface area (Å²) in [5.41, 5.74) is 15.3. The predicted octanol–water partition coefficient (Wildman–Crippen LogP) is 14.8. The van der Waals surface area contributed by atoms with Crippen LogP contribution in [-0.2, 0) is 17.8 Å². The first-order chi connectivity index (χ1) is 33.2. The molecular weight excluding hydrogens is 963 g/mol. The van der Waals surface area contributed by atoms with Crippen LogP contribution < -0.4 is 11.1 Å². The second-order valence-corrected chi connectivity index (χ2v) is 16.4. The van der Waals surface area contributed by atoms with Gasteiger partial charge in [0.05, 0.1) is 5.03 Å². The van der Waals surface area contributed by atoms with Crippen LogP contribution in [0.25, 0.3) is 12.2 Å². The van der Waals surface area contributed by atoms with Crippen LogP contribution in [0.1, 0.15) is 149 Å². The van der Waals surface area contributed by atoms with E-state index in [4.69, 9.17) is 4.79 Å². The van der Waals surface area contributed by atoms with Gasteiger partial charge in [-0.25, -0.2) is 10.0 Å². The van der Waals surface area contributed by atoms with Crippen molar-refractivity contribution in [2.24, 2.45) is 5.73 Å². The van der Waals surface area contributed by atoms with E-state index >= 15 is 0 Å². The number of thioether (sulfide) groups is 1. The van der Waals surface area contributed by atoms with Crippen molar-refractivity contribution in [2.45, 2.75) is 150 Å². The molecule has 0 aromatic heterocycles. The summed E-state index contributed by atoms with van der Waals surface area (Å²) in [6.45, 7) is 46.0. The number of carbonyl (C=O) groups is 1. The van der Waals surface area contributed by atoms with Crippen molar-refractivity contribution in [3.05, 3.63) is 143 Å². The Morgan fingerprint density at radius 2 is 1.37 bits per heavy atom. The van der Waals surface area contributed by atoms with Crippen LogP contribution in [0, 0.1) is 0 Å². The van der Waals surface area contributed by atoms with E-state index in [0.29, 0.717) is 6.04 Å². The zero-order valence-electron chi connectivity index (χ0n) is 46.1. The summed E-state index contributed by atoms with van der Waals surface area (Å²) in [7, 11) is 5.78. The average molecular weight is 1070 g/mol. The van der Waals surface area contributed by atoms with Crippen molar-refractivity contribution < 1.29 is 4.79 Å². The molecule has 1 aliphatic carbocycles. The molecule has 7 nitrogen and oxygen atoms in total. The van der Waals surface area contributed by atoms with Gasteiger partial charge in [0.25, 0.3) is 0 Å². The van der Waals surface area contributed by atoms with Gasteiger partial charge in [-0.3, -0.25) is 0 Å². The molecule has 2 aliphatic heterocycles. The van der Waals surface area contributed by atoms with E-state index in [9.17, 15) is 0 Å². The number of piperazine rings is 1. The number of aryl methyl sites for hydroxylation is 1. The number of nitrogens with one attached hydrogen (secondary N) is 1. The molecule has 386 valence electrons. The number of hydrogen-bond acceptors (Lipinski definition) is 8. The Kier molecular flexibility index (Phi) is 53.1. The average Bonchev–Trinajstić information content (AvgIpc) is 3.41. The van der Waals surface area contributed by atoms with Crippen LogP contribution >= 0.6 is 11.8 Å². The second kappa shape index (κ2) is 50.4. The van der Waals surface area contributed by atoms with Crippen LogP contribution in [0.2, 0.25) is 4.87 Å². The van der Waals surface area contributed by atoms with E-state index in [0.717, 1.165) is 64.6 Å². The molecule has 2 heterocycles. The summed E-state index contributed by atoms with van der Waals surface area (Å²) < 4.78 is 0. The van der Waals surface area contributed by atoms with Crippen LogP contribution in [0.4, 0.5) is 0 Å². The van der Waals surface area contributed by atoms with Gasteiger partial charge in [-0.05, 0) is 117 Å². The number of benzene rings is 2. The monoisotopic (exact) mass is 1060 g/mol. The molecule has 2 aromatic rings. The summed E-state index contributed by atoms with van der Waals surface area (Å²) in [4.78, 5) is 12.6. The molecule has 9 heteroatoms. The maximum absolute atomic E-state index is 8.00. The van der Waals surface area contributed by atoms with E-state index in [1.54, 1.807) is 28.6 Å². The van der Waals surface area contributed by atoms with E-state index in [1.165, 1.54) is 102 Å². The van der Waals surface area contributed by atoms with Crippen molar-refractivity contribution in [2.75, 3.05) is 59.6 Å². The molecule has 5 rings (SSSR count). The van der Waals surface area contributed by atoms with E-state index in [2.05, 4.69) is 171 Å². The first-order valence-electron chi connectivity index (χ1n) is 25.6. The van der Waals surface area contributed by atoms with Gasteiger partial charge < -0.3 is 20.7 Å². The second-order valence-electron chi connectivity index (χ2n) is 15.3. The van der Waals surface area contributed by atoms with E-state index in [-0.39, 0.29) is 0 Å². The number of hydrogen-bond donors (Lipinski definition) is 2. The summed E-state index contributed by atoms with van der Waals surface area (Å²) in [6, 6.07) is 18.1. The van der Waals surface area contributed by atoms with Crippen LogP contribution in [0.3, 0.4) is 0 Å². The van der Waals surface area contributed by atoms with Gasteiger partial charge in [0, 0.05) is 58.4 Å². The van der Waals surface area contributed by atoms with E-state index in [1.807, 2.05) is 65.4 Å². The van der Waals surface area contributed by atoms with Gasteiger partial charge in [-0.1, -0.05) is 167 Å². The maximum atomic E-state index is 8.00. The minimum atomic E-state index is 0.557. The number of hydrazine groups is 2. The Morgan fingerprint density at radius 3 is 1.85 bits per heavy atom. The first kappa shape index (κ1) is 71.6. The molecule has 2 radical (unpaired) electrons. The fourth-order valence-electron chi connectivity index (χ4n) is 7.68. The van der Waals surface area contributed by atoms with Gasteiger partial charge >= 0.3 is 27.9 Å². The van der Waals surface area contributed by atoms with Crippen LogP contribution in [0.15, 0.2) is 121 Å². The summed E-state index contributed by atoms with van der Waals surface area (Å²) in [5.74, 6) is 1.20. The molecule has 0 unspecified atom stereocenters. The topological polar surface area (TPSA) is 68.1 Å². The molecule has 68 heavy (non-hydrogen) atoms. The number of rotatable bonds is 16. The molecular formula is C59H103N6OSSb. The van der Waals surface area contributed by atoms with Crippen molar-refractivity contribution >= 4 is 53.7 Å². The molecule has 2 aromatic carbocycles. The van der Waals surface area contributed by atoms with Crippen LogP contribution in [0.5, 0.6) is 0 Å². The Hall–Kier alpha value is -2.94. The third kappa shape index (κ3) is 29.3. The fraction of sp³-hybridized carbons (Fsp3) is 0.542. The number of nitrogens with two attached hydrogens (primary N) is 1. The predicted molar refractivity (Wildman–Crippen MR) is 313 cm³/mol. The Morgan fingerprint density at radius 1 is 0.794 bits per heavy atom. The molecule has 0 spiro atoms. The van der Waals surface area contributed by atoms with Crippen molar-refractivity contribution in [1.82, 2.24) is 25.4 Å². The van der Waals surface area contributed by atoms with Gasteiger partial charge in [0.15, 0.2) is 0 Å². The molecule has 3 N–H and O–H groups in total. The van der Waals surface area contributed by atoms with Crippen molar-refractivity contribution in [1.29, 1.82) is 0 Å². The van der Waals surface area contributed by atoms with Gasteiger partial charge in [-0.15, -0.1) is 24.9 Å². The number of allylic oxidation sites excluding steroid dienone is 6. The summed E-state index contributed by atoms with van der Waals surface area (Å²) in [5, 5.41) is 12.2. The first-order valence-corrected chi connectivity index (χ1v) is 29.1. The molecule has 1 fully saturated rings. The molecule has 1 saturated heterocycles. The zero-order chi connectivity index (χ0) is 52.7. The SMILES string of the molecule is C=C.C=Cc1ccc(CCC2=CC=C(/C3=C(\NC)SCCCCC3=C)CC2)cc1.C=Cc1cccc(CN(C(CC)CC)N(C)N2CCN(CCC)CC2)c1.C=O.CC.CC.CCC.CN.[CH3][Sb]. The molecule has 0 saturated carbocycles. The Labute approximate surface area is 440 Å². The van der Waals surface area contributed by atoms with Crippen molar-refractivity contribution in [3.63, 3.8) is 0 Å². The number of carbonyl (C=O) groups excluding carboxylic acids is 1. The quantitative estimate of drug-likeness (QED) is 0.0979. The van der Waals surface area contributed by atoms with Gasteiger partial charge in [-0.2, -0.15) is 5.12 Å². The minimum absolute atomic E-state index is 0.557. The van der Waals surface area contributed by atoms with E-state index < -0.39 is 0 Å². The van der Waals surface area contributed by atoms with Gasteiger partial charge in [0.1, 0.15) is 6.79 Å².